The molecule has 1 aromatic heterocycles. The highest BCUT2D eigenvalue weighted by molar-refractivity contribution is 7.99. The Balaban J connectivity index is 2.02. The average molecular weight is 260 g/mol. The number of benzene rings is 1. The zero-order valence-electron chi connectivity index (χ0n) is 10.4. The molecule has 1 aliphatic heterocycles. The monoisotopic (exact) mass is 260 g/mol. The number of nitrogens with zero attached hydrogens (tertiary/aromatic N) is 1. The van der Waals surface area contributed by atoms with Crippen LogP contribution in [0.2, 0.25) is 0 Å². The van der Waals surface area contributed by atoms with Crippen molar-refractivity contribution in [2.24, 2.45) is 0 Å². The van der Waals surface area contributed by atoms with Crippen LogP contribution in [0.25, 0.3) is 10.9 Å². The molecule has 1 N–H and O–H groups in total. The molecule has 1 amide bonds. The summed E-state index contributed by atoms with van der Waals surface area (Å²) in [6, 6.07) is 8.01. The summed E-state index contributed by atoms with van der Waals surface area (Å²) in [6.07, 6.45) is 0. The smallest absolute Gasteiger partial charge is 0.256 e. The van der Waals surface area contributed by atoms with E-state index >= 15 is 0 Å². The Kier molecular flexibility index (Phi) is 3.04. The normalized spacial score (nSPS) is 16.2. The van der Waals surface area contributed by atoms with Crippen molar-refractivity contribution in [3.8, 4) is 0 Å². The molecular weight excluding hydrogens is 244 g/mol. The number of aromatic amines is 1. The number of H-pyrrole nitrogens is 1. The quantitative estimate of drug-likeness (QED) is 0.855. The van der Waals surface area contributed by atoms with Crippen molar-refractivity contribution in [1.82, 2.24) is 9.88 Å². The fourth-order valence-corrected chi connectivity index (χ4v) is 3.38. The molecule has 0 radical (unpaired) electrons. The molecule has 1 saturated heterocycles. The fourth-order valence-electron chi connectivity index (χ4n) is 2.48. The molecule has 18 heavy (non-hydrogen) atoms. The Bertz CT molecular complexity index is 584. The number of fused-ring (bicyclic) bond motifs is 1. The van der Waals surface area contributed by atoms with Gasteiger partial charge in [-0.3, -0.25) is 4.79 Å². The van der Waals surface area contributed by atoms with Crippen LogP contribution in [-0.4, -0.2) is 40.4 Å². The van der Waals surface area contributed by atoms with Crippen LogP contribution in [0, 0.1) is 6.92 Å². The van der Waals surface area contributed by atoms with Crippen LogP contribution in [0.1, 0.15) is 16.1 Å². The number of carbonyl (C=O) groups is 1. The number of amides is 1. The van der Waals surface area contributed by atoms with Crippen molar-refractivity contribution < 1.29 is 4.79 Å². The molecule has 1 fully saturated rings. The number of carbonyl (C=O) groups excluding carboxylic acids is 1. The summed E-state index contributed by atoms with van der Waals surface area (Å²) in [7, 11) is 0. The van der Waals surface area contributed by atoms with Gasteiger partial charge in [0.15, 0.2) is 0 Å². The minimum absolute atomic E-state index is 0.172. The van der Waals surface area contributed by atoms with Crippen molar-refractivity contribution in [2.75, 3.05) is 24.6 Å². The number of para-hydroxylation sites is 1. The summed E-state index contributed by atoms with van der Waals surface area (Å²) >= 11 is 1.92. The number of rotatable bonds is 1. The first-order valence-corrected chi connectivity index (χ1v) is 7.37. The molecule has 0 spiro atoms. The Morgan fingerprint density at radius 3 is 2.78 bits per heavy atom. The van der Waals surface area contributed by atoms with Crippen LogP contribution in [0.3, 0.4) is 0 Å². The zero-order chi connectivity index (χ0) is 12.5. The number of hydrogen-bond acceptors (Lipinski definition) is 2. The number of nitrogens with one attached hydrogen (secondary N) is 1. The van der Waals surface area contributed by atoms with Gasteiger partial charge in [0.25, 0.3) is 5.91 Å². The van der Waals surface area contributed by atoms with E-state index in [4.69, 9.17) is 0 Å². The molecule has 1 aromatic carbocycles. The summed E-state index contributed by atoms with van der Waals surface area (Å²) in [4.78, 5) is 17.9. The first-order chi connectivity index (χ1) is 8.77. The lowest BCUT2D eigenvalue weighted by Crippen LogP contribution is -2.38. The second-order valence-corrected chi connectivity index (χ2v) is 5.80. The second-order valence-electron chi connectivity index (χ2n) is 4.58. The highest BCUT2D eigenvalue weighted by atomic mass is 32.2. The Hall–Kier alpha value is -1.42. The number of hydrogen-bond donors (Lipinski definition) is 1. The van der Waals surface area contributed by atoms with Gasteiger partial charge in [-0.25, -0.2) is 0 Å². The van der Waals surface area contributed by atoms with Crippen LogP contribution in [0.15, 0.2) is 24.3 Å². The van der Waals surface area contributed by atoms with Gasteiger partial charge >= 0.3 is 0 Å². The lowest BCUT2D eigenvalue weighted by molar-refractivity contribution is 0.0773. The van der Waals surface area contributed by atoms with E-state index in [1.165, 1.54) is 0 Å². The lowest BCUT2D eigenvalue weighted by Gasteiger charge is -2.26. The maximum atomic E-state index is 12.6. The van der Waals surface area contributed by atoms with Gasteiger partial charge < -0.3 is 9.88 Å². The van der Waals surface area contributed by atoms with E-state index in [1.807, 2.05) is 47.9 Å². The van der Waals surface area contributed by atoms with Crippen LogP contribution in [-0.2, 0) is 0 Å². The number of aromatic nitrogens is 1. The van der Waals surface area contributed by atoms with Gasteiger partial charge in [0.1, 0.15) is 0 Å². The number of thioether (sulfide) groups is 1. The van der Waals surface area contributed by atoms with Crippen molar-refractivity contribution in [1.29, 1.82) is 0 Å². The maximum Gasteiger partial charge on any atom is 0.256 e. The van der Waals surface area contributed by atoms with E-state index in [1.54, 1.807) is 0 Å². The van der Waals surface area contributed by atoms with Gasteiger partial charge in [-0.05, 0) is 13.0 Å². The van der Waals surface area contributed by atoms with Gasteiger partial charge in [-0.1, -0.05) is 18.2 Å². The molecule has 2 heterocycles. The topological polar surface area (TPSA) is 36.1 Å². The fraction of sp³-hybridized carbons (Fsp3) is 0.357. The van der Waals surface area contributed by atoms with Gasteiger partial charge in [-0.2, -0.15) is 11.8 Å². The molecule has 3 rings (SSSR count). The molecule has 0 aliphatic carbocycles. The Morgan fingerprint density at radius 2 is 2.00 bits per heavy atom. The van der Waals surface area contributed by atoms with Gasteiger partial charge in [-0.15, -0.1) is 0 Å². The van der Waals surface area contributed by atoms with E-state index in [9.17, 15) is 4.79 Å². The average Bonchev–Trinajstić information content (AvgIpc) is 2.75. The van der Waals surface area contributed by atoms with Crippen LogP contribution < -0.4 is 0 Å². The van der Waals surface area contributed by atoms with E-state index in [0.717, 1.165) is 46.8 Å². The Labute approximate surface area is 111 Å². The van der Waals surface area contributed by atoms with E-state index in [2.05, 4.69) is 4.98 Å². The third-order valence-corrected chi connectivity index (χ3v) is 4.35. The molecule has 1 aliphatic rings. The summed E-state index contributed by atoms with van der Waals surface area (Å²) in [5, 5.41) is 1.04. The van der Waals surface area contributed by atoms with Crippen molar-refractivity contribution in [2.45, 2.75) is 6.92 Å². The molecule has 0 bridgehead atoms. The molecule has 3 nitrogen and oxygen atoms in total. The lowest BCUT2D eigenvalue weighted by atomic mass is 10.1. The van der Waals surface area contributed by atoms with E-state index in [0.29, 0.717) is 0 Å². The van der Waals surface area contributed by atoms with Crippen molar-refractivity contribution in [3.63, 3.8) is 0 Å². The summed E-state index contributed by atoms with van der Waals surface area (Å²) in [5.41, 5.74) is 2.86. The summed E-state index contributed by atoms with van der Waals surface area (Å²) < 4.78 is 0. The highest BCUT2D eigenvalue weighted by Gasteiger charge is 2.22. The summed E-state index contributed by atoms with van der Waals surface area (Å²) in [5.74, 6) is 2.27. The van der Waals surface area contributed by atoms with Crippen LogP contribution in [0.4, 0.5) is 0 Å². The predicted octanol–water partition coefficient (Wildman–Crippen LogP) is 2.67. The highest BCUT2D eigenvalue weighted by Crippen LogP contribution is 2.24. The first-order valence-electron chi connectivity index (χ1n) is 6.21. The van der Waals surface area contributed by atoms with Crippen LogP contribution in [0.5, 0.6) is 0 Å². The maximum absolute atomic E-state index is 12.6. The molecular formula is C14H16N2OS. The predicted molar refractivity (Wildman–Crippen MR) is 76.3 cm³/mol. The van der Waals surface area contributed by atoms with Crippen LogP contribution >= 0.6 is 11.8 Å². The SMILES string of the molecule is Cc1[nH]c2ccccc2c1C(=O)N1CCSCC1. The largest absolute Gasteiger partial charge is 0.358 e. The minimum atomic E-state index is 0.172. The molecule has 2 aromatic rings. The van der Waals surface area contributed by atoms with Gasteiger partial charge in [0, 0.05) is 41.2 Å². The molecule has 0 saturated carbocycles. The molecule has 4 heteroatoms. The number of aryl methyl sites for hydroxylation is 1. The first kappa shape index (κ1) is 11.7. The van der Waals surface area contributed by atoms with Gasteiger partial charge in [0.05, 0.1) is 5.56 Å². The summed E-state index contributed by atoms with van der Waals surface area (Å²) in [6.45, 7) is 3.71. The van der Waals surface area contributed by atoms with Crippen molar-refractivity contribution >= 4 is 28.6 Å². The molecule has 94 valence electrons. The molecule has 0 atom stereocenters. The standard InChI is InChI=1S/C14H16N2OS/c1-10-13(11-4-2-3-5-12(11)15-10)14(17)16-6-8-18-9-7-16/h2-5,15H,6-9H2,1H3. The van der Waals surface area contributed by atoms with Crippen molar-refractivity contribution in [3.05, 3.63) is 35.5 Å². The third-order valence-electron chi connectivity index (χ3n) is 3.41. The van der Waals surface area contributed by atoms with E-state index < -0.39 is 0 Å². The molecule has 0 unspecified atom stereocenters. The third kappa shape index (κ3) is 1.90. The Morgan fingerprint density at radius 1 is 1.28 bits per heavy atom. The minimum Gasteiger partial charge on any atom is -0.358 e. The zero-order valence-corrected chi connectivity index (χ0v) is 11.2. The van der Waals surface area contributed by atoms with E-state index in [-0.39, 0.29) is 5.91 Å². The second kappa shape index (κ2) is 4.69. The van der Waals surface area contributed by atoms with Gasteiger partial charge in [0.2, 0.25) is 0 Å².